The number of H-pyrrole nitrogens is 4. The van der Waals surface area contributed by atoms with Crippen molar-refractivity contribution in [3.8, 4) is 0 Å². The molecule has 0 spiro atoms. The molecule has 0 saturated carbocycles. The first kappa shape index (κ1) is 109. The molecule has 18 N–H and O–H groups in total. The molecule has 0 radical (unpaired) electrons. The second-order valence-electron chi connectivity index (χ2n) is 32.7. The van der Waals surface area contributed by atoms with Gasteiger partial charge in [0.05, 0.1) is 146 Å². The summed E-state index contributed by atoms with van der Waals surface area (Å²) in [4.78, 5) is 134. The molecule has 5 unspecified atom stereocenters. The summed E-state index contributed by atoms with van der Waals surface area (Å²) >= 11 is 1.52. The van der Waals surface area contributed by atoms with Gasteiger partial charge < -0.3 is 111 Å². The summed E-state index contributed by atoms with van der Waals surface area (Å²) in [6.45, 7) is 35.7. The van der Waals surface area contributed by atoms with E-state index in [2.05, 4.69) is 88.6 Å². The molecule has 52 heteroatoms. The van der Waals surface area contributed by atoms with Crippen molar-refractivity contribution in [1.82, 2.24) is 107 Å². The fraction of sp³-hybridized carbons (Fsp3) is 0.590. The number of aliphatic hydroxyl groups excluding tert-OH is 2. The largest absolute Gasteiger partial charge is 0.394 e. The number of imidazole rings is 4. The normalized spacial score (nSPS) is 17.1. The SMILES string of the molecule is CC(C)CO[C@H](C)Cn1cnc2c(N)ncnc21.CC(C)OCC(CO)OCn1cnc2c(=O)[nH]c(N)nc21.CC(C)OCC(CO)OCn1cnc2c(=O)[nH]c(N)nc21.CC(C)OCCOCn1cnc2c(=O)[nH]c(N)nc21.CC(C)OC[C@@H]1CCC(n2ccc(N)nc2=O)O1.CC(C)OC[C@@H]1OC(n2cc(F)c(N)nc2=O)CS1.Cc1cn(C2C=C[C@@H](COC(C)C)O2)c(=O)[nH]c1=O. The molecular weight excluding hydrogens is 1790 g/mol. The summed E-state index contributed by atoms with van der Waals surface area (Å²) in [6, 6.07) is 1.60. The molecule has 11 aromatic heterocycles. The first-order valence-corrected chi connectivity index (χ1v) is 44.6. The highest BCUT2D eigenvalue weighted by Gasteiger charge is 2.31. The van der Waals surface area contributed by atoms with E-state index in [1.165, 1.54) is 52.4 Å². The van der Waals surface area contributed by atoms with Crippen LogP contribution >= 0.6 is 11.8 Å². The van der Waals surface area contributed by atoms with Gasteiger partial charge in [0.2, 0.25) is 17.8 Å². The summed E-state index contributed by atoms with van der Waals surface area (Å²) in [7, 11) is 0. The Morgan fingerprint density at radius 1 is 0.481 bits per heavy atom. The summed E-state index contributed by atoms with van der Waals surface area (Å²) in [5.41, 5.74) is 33.3. The van der Waals surface area contributed by atoms with Gasteiger partial charge in [0.1, 0.15) is 74.1 Å². The van der Waals surface area contributed by atoms with E-state index >= 15 is 0 Å². The molecule has 135 heavy (non-hydrogen) atoms. The smallest absolute Gasteiger partial charge is 0.351 e. The first-order valence-electron chi connectivity index (χ1n) is 43.5. The fourth-order valence-corrected chi connectivity index (χ4v) is 13.1. The number of thioether (sulfide) groups is 1. The number of hydrogen-bond donors (Lipinski definition) is 12. The molecule has 744 valence electrons. The van der Waals surface area contributed by atoms with Crippen LogP contribution in [0.5, 0.6) is 0 Å². The summed E-state index contributed by atoms with van der Waals surface area (Å²) in [5, 5.41) is 18.5. The van der Waals surface area contributed by atoms with Gasteiger partial charge in [0, 0.05) is 30.3 Å². The predicted molar refractivity (Wildman–Crippen MR) is 498 cm³/mol. The number of nitrogens with two attached hydrogens (primary N) is 6. The molecule has 0 amide bonds. The average molecular weight is 1920 g/mol. The standard InChI is InChI=1S/C13H18N2O4.2C12H19N5O4.C12H19N5O.C12H19N3O3.C11H16FN3O3S.C11H17N5O3/c1-8(2)18-7-10-4-5-11(19-10)15-6-9(3)12(16)14-13(15)17;2*1-7(2)20-4-8(3-18)21-6-17-5-14-9-10(17)15-12(13)16-11(9)19;1-8(2)5-18-9(3)4-17-7-16-10-11(13)14-6-15-12(10)17;1-8(2)17-7-9-3-4-11(18-9)15-6-5-10(13)14-12(15)16;1-6(2)17-4-9-18-8(5-19-9)15-3-7(12)10(13)14-11(15)16;1-7(2)19-4-3-18-6-16-5-13-8-9(16)14-11(12)15-10(8)17/h4-6,8,10-11H,7H2,1-3H3,(H,14,16,17);2*5,7-8,18H,3-4,6H2,1-2H3,(H3,13,15,16,19);6-9H,4-5H2,1-3H3,(H2,13,14,15);5-6,8-9,11H,3-4,7H2,1-2H3,(H2,13,14,16);3,6,8-9H,4-5H2,1-2H3,(H2,13,14,16);5,7H,3-4,6H2,1-2H3,(H3,12,14,15,17)/t10-,11?;;;9-;9-,11?;8?,9-;/m0..101./s1. The van der Waals surface area contributed by atoms with Gasteiger partial charge in [0.15, 0.2) is 62.8 Å². The fourth-order valence-electron chi connectivity index (χ4n) is 12.1. The van der Waals surface area contributed by atoms with Crippen LogP contribution in [0.3, 0.4) is 0 Å². The molecule has 11 aromatic rings. The number of hydrogen-bond acceptors (Lipinski definition) is 40. The number of fused-ring (bicyclic) bond motifs is 4. The number of aromatic amines is 4. The van der Waals surface area contributed by atoms with Crippen molar-refractivity contribution in [2.45, 2.75) is 242 Å². The summed E-state index contributed by atoms with van der Waals surface area (Å²) < 4.78 is 95.8. The Morgan fingerprint density at radius 2 is 0.993 bits per heavy atom. The molecule has 0 aromatic carbocycles. The number of aryl methyl sites for hydroxylation is 1. The summed E-state index contributed by atoms with van der Waals surface area (Å²) in [5.74, 6) is 0.668. The molecule has 2 saturated heterocycles. The predicted octanol–water partition coefficient (Wildman–Crippen LogP) is 3.12. The molecule has 2 fully saturated rings. The third-order valence-corrected chi connectivity index (χ3v) is 19.8. The minimum absolute atomic E-state index is 0.0103. The Balaban J connectivity index is 0.000000194. The zero-order valence-electron chi connectivity index (χ0n) is 78.5. The number of halogens is 1. The molecular formula is C83H127FN28O22S. The van der Waals surface area contributed by atoms with Crippen LogP contribution < -0.4 is 73.7 Å². The number of nitrogens with zero attached hydrogens (tertiary/aromatic N) is 18. The Bertz CT molecular complexity index is 5870. The van der Waals surface area contributed by atoms with E-state index in [1.54, 1.807) is 45.3 Å². The zero-order valence-corrected chi connectivity index (χ0v) is 79.3. The lowest BCUT2D eigenvalue weighted by molar-refractivity contribution is -0.0776. The van der Waals surface area contributed by atoms with Crippen molar-refractivity contribution in [2.75, 3.05) is 106 Å². The van der Waals surface area contributed by atoms with Gasteiger partial charge in [-0.15, -0.1) is 11.8 Å². The van der Waals surface area contributed by atoms with Crippen LogP contribution in [0.1, 0.15) is 141 Å². The van der Waals surface area contributed by atoms with E-state index in [0.717, 1.165) is 35.9 Å². The lowest BCUT2D eigenvalue weighted by Crippen LogP contribution is -2.33. The highest BCUT2D eigenvalue weighted by atomic mass is 32.2. The maximum atomic E-state index is 13.3. The number of anilines is 6. The van der Waals surface area contributed by atoms with E-state index in [9.17, 15) is 48.2 Å². The van der Waals surface area contributed by atoms with E-state index in [1.807, 2.05) is 101 Å². The molecule has 3 aliphatic rings. The Hall–Kier alpha value is -11.7. The second kappa shape index (κ2) is 53.5. The van der Waals surface area contributed by atoms with Gasteiger partial charge in [0.25, 0.3) is 22.2 Å². The second-order valence-corrected chi connectivity index (χ2v) is 33.9. The molecule has 14 rings (SSSR count). The van der Waals surface area contributed by atoms with Crippen molar-refractivity contribution < 1.29 is 76.2 Å². The van der Waals surface area contributed by atoms with E-state index in [0.29, 0.717) is 85.1 Å². The van der Waals surface area contributed by atoms with Crippen LogP contribution in [0.4, 0.5) is 39.7 Å². The van der Waals surface area contributed by atoms with Gasteiger partial charge in [-0.05, 0) is 128 Å². The topological polar surface area (TPSA) is 676 Å². The molecule has 14 heterocycles. The average Bonchev–Trinajstić information content (AvgIpc) is 1.66. The van der Waals surface area contributed by atoms with Crippen molar-refractivity contribution in [3.63, 3.8) is 0 Å². The number of nitrogen functional groups attached to an aromatic ring is 6. The third-order valence-electron chi connectivity index (χ3n) is 18.7. The third kappa shape index (κ3) is 34.5. The number of ether oxygens (including phenoxy) is 13. The molecule has 0 aliphatic carbocycles. The highest BCUT2D eigenvalue weighted by Crippen LogP contribution is 2.32. The monoisotopic (exact) mass is 1920 g/mol. The lowest BCUT2D eigenvalue weighted by atomic mass is 10.2. The van der Waals surface area contributed by atoms with Crippen molar-refractivity contribution in [1.29, 1.82) is 0 Å². The van der Waals surface area contributed by atoms with E-state index in [-0.39, 0.29) is 170 Å². The molecule has 3 aliphatic heterocycles. The number of nitrogens with one attached hydrogen (secondary N) is 4. The minimum atomic E-state index is -0.727. The maximum absolute atomic E-state index is 13.3. The number of rotatable bonds is 37. The van der Waals surface area contributed by atoms with Crippen molar-refractivity contribution in [2.24, 2.45) is 5.92 Å². The van der Waals surface area contributed by atoms with Gasteiger partial charge in [-0.3, -0.25) is 66.5 Å². The van der Waals surface area contributed by atoms with E-state index in [4.69, 9.17) is 96.0 Å². The first-order chi connectivity index (χ1) is 64.2. The molecule has 50 nitrogen and oxygen atoms in total. The van der Waals surface area contributed by atoms with Gasteiger partial charge >= 0.3 is 17.1 Å². The minimum Gasteiger partial charge on any atom is -0.394 e. The Kier molecular flexibility index (Phi) is 43.1. The Labute approximate surface area is 777 Å². The maximum Gasteiger partial charge on any atom is 0.351 e. The van der Waals surface area contributed by atoms with Crippen LogP contribution in [0, 0.1) is 18.7 Å². The summed E-state index contributed by atoms with van der Waals surface area (Å²) in [6.07, 6.45) is 15.5. The lowest BCUT2D eigenvalue weighted by Gasteiger charge is -2.17. The van der Waals surface area contributed by atoms with Gasteiger partial charge in [-0.25, -0.2) is 48.7 Å². The zero-order chi connectivity index (χ0) is 98.9. The number of aliphatic hydroxyl groups is 2. The van der Waals surface area contributed by atoms with Gasteiger partial charge in [-0.2, -0.15) is 24.9 Å². The molecule has 9 atom stereocenters. The van der Waals surface area contributed by atoms with Crippen LogP contribution in [-0.2, 0) is 88.3 Å². The van der Waals surface area contributed by atoms with Crippen LogP contribution in [0.15, 0.2) is 102 Å². The van der Waals surface area contributed by atoms with Crippen LogP contribution in [0.2, 0.25) is 0 Å². The quantitative estimate of drug-likeness (QED) is 0.0196. The van der Waals surface area contributed by atoms with Crippen LogP contribution in [-0.4, -0.2) is 261 Å². The van der Waals surface area contributed by atoms with Crippen LogP contribution in [0.25, 0.3) is 44.7 Å². The Morgan fingerprint density at radius 3 is 1.52 bits per heavy atom. The highest BCUT2D eigenvalue weighted by molar-refractivity contribution is 8.00. The van der Waals surface area contributed by atoms with Crippen molar-refractivity contribution >= 4 is 91.7 Å². The number of aromatic nitrogens is 22. The van der Waals surface area contributed by atoms with E-state index < -0.39 is 58.8 Å². The molecule has 0 bridgehead atoms. The van der Waals surface area contributed by atoms with Crippen molar-refractivity contribution in [3.05, 3.63) is 153 Å². The van der Waals surface area contributed by atoms with Gasteiger partial charge in [-0.1, -0.05) is 19.9 Å².